The molecule has 0 saturated carbocycles. The van der Waals surface area contributed by atoms with Gasteiger partial charge in [0.2, 0.25) is 8.07 Å². The van der Waals surface area contributed by atoms with E-state index in [-0.39, 0.29) is 5.41 Å². The molecule has 1 nitrogen and oxygen atoms in total. The molecule has 0 atom stereocenters. The maximum atomic E-state index is 13.7. The molecule has 0 unspecified atom stereocenters. The Kier molecular flexibility index (Phi) is 3.83. The lowest BCUT2D eigenvalue weighted by atomic mass is 10.1. The van der Waals surface area contributed by atoms with Crippen molar-refractivity contribution in [3.05, 3.63) is 100 Å². The highest BCUT2D eigenvalue weighted by molar-refractivity contribution is 9.12. The van der Waals surface area contributed by atoms with Crippen molar-refractivity contribution >= 4 is 45.9 Å². The summed E-state index contributed by atoms with van der Waals surface area (Å²) in [4.78, 5) is 13.7. The van der Waals surface area contributed by atoms with E-state index in [0.717, 1.165) is 25.6 Å². The highest BCUT2D eigenvalue weighted by Gasteiger charge is 2.50. The van der Waals surface area contributed by atoms with Crippen molar-refractivity contribution in [3.63, 3.8) is 0 Å². The number of rotatable bonds is 2. The second kappa shape index (κ2) is 6.00. The summed E-state index contributed by atoms with van der Waals surface area (Å²) in [7, 11) is -2.75. The van der Waals surface area contributed by atoms with Crippen molar-refractivity contribution in [1.82, 2.24) is 0 Å². The molecule has 0 bridgehead atoms. The molecule has 0 aliphatic carbocycles. The molecule has 3 heteroatoms. The van der Waals surface area contributed by atoms with Gasteiger partial charge in [-0.15, -0.1) is 0 Å². The minimum atomic E-state index is -2.75. The van der Waals surface area contributed by atoms with E-state index < -0.39 is 8.07 Å². The molecule has 0 fully saturated rings. The van der Waals surface area contributed by atoms with Crippen LogP contribution in [0.3, 0.4) is 0 Å². The Bertz CT molecular complexity index is 893. The van der Waals surface area contributed by atoms with Crippen molar-refractivity contribution in [2.24, 2.45) is 0 Å². The Morgan fingerprint density at radius 3 is 1.75 bits per heavy atom. The van der Waals surface area contributed by atoms with Crippen LogP contribution in [0.25, 0.3) is 6.08 Å². The summed E-state index contributed by atoms with van der Waals surface area (Å²) in [6, 6.07) is 28.3. The molecule has 0 spiro atoms. The fourth-order valence-electron chi connectivity index (χ4n) is 3.47. The molecule has 1 heterocycles. The van der Waals surface area contributed by atoms with Gasteiger partial charge in [0.1, 0.15) is 0 Å². The topological polar surface area (TPSA) is 17.1 Å². The predicted molar refractivity (Wildman–Crippen MR) is 106 cm³/mol. The van der Waals surface area contributed by atoms with Crippen LogP contribution < -0.4 is 10.4 Å². The van der Waals surface area contributed by atoms with Gasteiger partial charge < -0.3 is 0 Å². The summed E-state index contributed by atoms with van der Waals surface area (Å²) < 4.78 is 1.01. The van der Waals surface area contributed by atoms with Crippen LogP contribution in [0.5, 0.6) is 0 Å². The summed E-state index contributed by atoms with van der Waals surface area (Å²) in [5.41, 5.74) is 1.81. The molecule has 0 aromatic heterocycles. The van der Waals surface area contributed by atoms with Gasteiger partial charge >= 0.3 is 0 Å². The third-order valence-corrected chi connectivity index (χ3v) is 10.8. The Balaban J connectivity index is 2.08. The van der Waals surface area contributed by atoms with Crippen molar-refractivity contribution in [2.75, 3.05) is 0 Å². The zero-order valence-corrected chi connectivity index (χ0v) is 15.5. The van der Waals surface area contributed by atoms with E-state index in [9.17, 15) is 4.79 Å². The fraction of sp³-hybridized carbons (Fsp3) is 0. The van der Waals surface area contributed by atoms with Crippen LogP contribution in [0.15, 0.2) is 89.0 Å². The Morgan fingerprint density at radius 1 is 0.667 bits per heavy atom. The maximum absolute atomic E-state index is 13.7. The highest BCUT2D eigenvalue weighted by atomic mass is 79.9. The molecule has 0 saturated heterocycles. The SMILES string of the molecule is O=C1c2ccccc2C=C(Br)[Si]1(c1ccccc1)c1ccccc1. The minimum absolute atomic E-state index is 0.241. The Hall–Kier alpha value is -2.23. The number of halogens is 1. The van der Waals surface area contributed by atoms with E-state index >= 15 is 0 Å². The third-order valence-electron chi connectivity index (χ3n) is 4.60. The molecule has 24 heavy (non-hydrogen) atoms. The Morgan fingerprint density at radius 2 is 1.17 bits per heavy atom. The van der Waals surface area contributed by atoms with E-state index in [2.05, 4.69) is 46.3 Å². The van der Waals surface area contributed by atoms with Gasteiger partial charge in [-0.25, -0.2) is 0 Å². The van der Waals surface area contributed by atoms with Gasteiger partial charge in [-0.05, 0) is 22.0 Å². The first-order valence-electron chi connectivity index (χ1n) is 7.87. The van der Waals surface area contributed by atoms with Crippen molar-refractivity contribution in [1.29, 1.82) is 0 Å². The van der Waals surface area contributed by atoms with Crippen LogP contribution in [0.2, 0.25) is 0 Å². The summed E-state index contributed by atoms with van der Waals surface area (Å²) >= 11 is 3.80. The normalized spacial score (nSPS) is 15.5. The second-order valence-corrected chi connectivity index (χ2v) is 11.1. The minimum Gasteiger partial charge on any atom is -0.299 e. The van der Waals surface area contributed by atoms with Crippen LogP contribution in [0.1, 0.15) is 15.9 Å². The first kappa shape index (κ1) is 15.3. The fourth-order valence-corrected chi connectivity index (χ4v) is 9.64. The molecular weight excluding hydrogens is 376 g/mol. The van der Waals surface area contributed by atoms with Crippen LogP contribution in [-0.2, 0) is 0 Å². The number of fused-ring (bicyclic) bond motifs is 1. The molecule has 4 rings (SSSR count). The molecule has 3 aromatic rings. The van der Waals surface area contributed by atoms with E-state index in [1.165, 1.54) is 0 Å². The summed E-state index contributed by atoms with van der Waals surface area (Å²) in [6.07, 6.45) is 2.13. The van der Waals surface area contributed by atoms with Crippen molar-refractivity contribution < 1.29 is 4.79 Å². The largest absolute Gasteiger partial charge is 0.299 e. The van der Waals surface area contributed by atoms with Gasteiger partial charge in [0.25, 0.3) is 0 Å². The summed E-state index contributed by atoms with van der Waals surface area (Å²) in [6.45, 7) is 0. The zero-order valence-electron chi connectivity index (χ0n) is 12.9. The van der Waals surface area contributed by atoms with Crippen LogP contribution >= 0.6 is 15.9 Å². The lowest BCUT2D eigenvalue weighted by molar-refractivity contribution is 0.107. The monoisotopic (exact) mass is 390 g/mol. The van der Waals surface area contributed by atoms with Crippen LogP contribution in [-0.4, -0.2) is 13.5 Å². The van der Waals surface area contributed by atoms with E-state index in [1.807, 2.05) is 60.7 Å². The third kappa shape index (κ3) is 2.16. The first-order valence-corrected chi connectivity index (χ1v) is 10.7. The van der Waals surface area contributed by atoms with E-state index in [0.29, 0.717) is 0 Å². The maximum Gasteiger partial charge on any atom is 0.237 e. The van der Waals surface area contributed by atoms with E-state index in [4.69, 9.17) is 0 Å². The van der Waals surface area contributed by atoms with Gasteiger partial charge in [0.05, 0.1) is 0 Å². The van der Waals surface area contributed by atoms with Gasteiger partial charge in [-0.1, -0.05) is 101 Å². The average Bonchev–Trinajstić information content (AvgIpc) is 2.64. The van der Waals surface area contributed by atoms with Crippen LogP contribution in [0.4, 0.5) is 0 Å². The summed E-state index contributed by atoms with van der Waals surface area (Å²) in [5.74, 6) is 0. The number of hydrogen-bond donors (Lipinski definition) is 0. The summed E-state index contributed by atoms with van der Waals surface area (Å²) in [5, 5.41) is 2.46. The van der Waals surface area contributed by atoms with Gasteiger partial charge in [0.15, 0.2) is 5.41 Å². The zero-order chi connectivity index (χ0) is 16.6. The standard InChI is InChI=1S/C21H15BrOSi/c22-20-15-16-9-7-8-14-19(16)21(23)24(20,17-10-3-1-4-11-17)18-12-5-2-6-13-18/h1-15H. The quantitative estimate of drug-likeness (QED) is 0.605. The first-order chi connectivity index (χ1) is 11.7. The number of carbonyl (C=O) groups is 1. The van der Waals surface area contributed by atoms with Crippen molar-refractivity contribution in [2.45, 2.75) is 0 Å². The van der Waals surface area contributed by atoms with Gasteiger partial charge in [-0.3, -0.25) is 4.79 Å². The van der Waals surface area contributed by atoms with Gasteiger partial charge in [0, 0.05) is 9.67 Å². The van der Waals surface area contributed by atoms with Crippen molar-refractivity contribution in [3.8, 4) is 0 Å². The molecule has 3 aromatic carbocycles. The second-order valence-electron chi connectivity index (χ2n) is 5.89. The van der Waals surface area contributed by atoms with Crippen LogP contribution in [0, 0.1) is 0 Å². The number of benzene rings is 3. The number of hydrogen-bond acceptors (Lipinski definition) is 1. The highest BCUT2D eigenvalue weighted by Crippen LogP contribution is 2.33. The lowest BCUT2D eigenvalue weighted by Crippen LogP contribution is -2.66. The predicted octanol–water partition coefficient (Wildman–Crippen LogP) is 3.96. The van der Waals surface area contributed by atoms with E-state index in [1.54, 1.807) is 0 Å². The molecule has 0 N–H and O–H groups in total. The molecule has 1 aliphatic heterocycles. The molecule has 0 amide bonds. The lowest BCUT2D eigenvalue weighted by Gasteiger charge is -2.34. The molecule has 0 radical (unpaired) electrons. The Labute approximate surface area is 150 Å². The molecule has 1 aliphatic rings. The van der Waals surface area contributed by atoms with Gasteiger partial charge in [-0.2, -0.15) is 0 Å². The number of carbonyl (C=O) groups excluding carboxylic acids is 1. The smallest absolute Gasteiger partial charge is 0.237 e. The molecule has 116 valence electrons. The average molecular weight is 391 g/mol. The molecular formula is C21H15BrOSi.